The molecule has 0 bridgehead atoms. The number of amides is 1. The maximum Gasteiger partial charge on any atom is 0.275 e. The molecule has 0 aliphatic rings. The molecule has 5 nitrogen and oxygen atoms in total. The Kier molecular flexibility index (Phi) is 3.95. The summed E-state index contributed by atoms with van der Waals surface area (Å²) in [7, 11) is 1.68. The van der Waals surface area contributed by atoms with Crippen molar-refractivity contribution in [3.63, 3.8) is 0 Å². The Labute approximate surface area is 95.2 Å². The van der Waals surface area contributed by atoms with Crippen LogP contribution in [-0.4, -0.2) is 33.7 Å². The molecule has 0 saturated carbocycles. The Hall–Kier alpha value is -1.96. The van der Waals surface area contributed by atoms with Gasteiger partial charge in [0.15, 0.2) is 0 Å². The SMILES string of the molecule is C#CCN(CCC)C(=O)c1c(N)cnn1C. The van der Waals surface area contributed by atoms with Gasteiger partial charge in [0.2, 0.25) is 0 Å². The molecule has 0 aliphatic carbocycles. The number of hydrogen-bond donors (Lipinski definition) is 1. The minimum Gasteiger partial charge on any atom is -0.396 e. The van der Waals surface area contributed by atoms with Crippen LogP contribution in [0.1, 0.15) is 23.8 Å². The minimum absolute atomic E-state index is 0.169. The van der Waals surface area contributed by atoms with Crippen LogP contribution in [0.25, 0.3) is 0 Å². The van der Waals surface area contributed by atoms with E-state index < -0.39 is 0 Å². The van der Waals surface area contributed by atoms with Gasteiger partial charge in [0.1, 0.15) is 5.69 Å². The number of nitrogens with zero attached hydrogens (tertiary/aromatic N) is 3. The number of aromatic nitrogens is 2. The predicted molar refractivity (Wildman–Crippen MR) is 62.6 cm³/mol. The number of nitrogen functional groups attached to an aromatic ring is 1. The van der Waals surface area contributed by atoms with Crippen LogP contribution in [0.4, 0.5) is 5.69 Å². The van der Waals surface area contributed by atoms with Crippen LogP contribution in [0, 0.1) is 12.3 Å². The van der Waals surface area contributed by atoms with Crippen LogP contribution in [0.5, 0.6) is 0 Å². The smallest absolute Gasteiger partial charge is 0.275 e. The summed E-state index contributed by atoms with van der Waals surface area (Å²) >= 11 is 0. The van der Waals surface area contributed by atoms with E-state index in [0.29, 0.717) is 17.9 Å². The van der Waals surface area contributed by atoms with Crippen molar-refractivity contribution in [3.05, 3.63) is 11.9 Å². The van der Waals surface area contributed by atoms with Gasteiger partial charge in [0.05, 0.1) is 18.4 Å². The molecule has 16 heavy (non-hydrogen) atoms. The minimum atomic E-state index is -0.169. The standard InChI is InChI=1S/C11H16N4O/c1-4-6-15(7-5-2)11(16)10-9(12)8-13-14(10)3/h1,8H,5-7,12H2,2-3H3. The number of rotatable bonds is 4. The van der Waals surface area contributed by atoms with E-state index in [1.54, 1.807) is 11.9 Å². The number of carbonyl (C=O) groups excluding carboxylic acids is 1. The number of carbonyl (C=O) groups is 1. The van der Waals surface area contributed by atoms with Crippen LogP contribution in [-0.2, 0) is 7.05 Å². The van der Waals surface area contributed by atoms with Crippen LogP contribution in [0.3, 0.4) is 0 Å². The van der Waals surface area contributed by atoms with Crippen molar-refractivity contribution < 1.29 is 4.79 Å². The molecule has 0 aromatic carbocycles. The van der Waals surface area contributed by atoms with Gasteiger partial charge in [-0.2, -0.15) is 5.10 Å². The first-order valence-electron chi connectivity index (χ1n) is 5.12. The van der Waals surface area contributed by atoms with E-state index in [2.05, 4.69) is 11.0 Å². The van der Waals surface area contributed by atoms with Crippen molar-refractivity contribution >= 4 is 11.6 Å². The largest absolute Gasteiger partial charge is 0.396 e. The molecular weight excluding hydrogens is 204 g/mol. The summed E-state index contributed by atoms with van der Waals surface area (Å²) in [5.74, 6) is 2.30. The van der Waals surface area contributed by atoms with Crippen LogP contribution < -0.4 is 5.73 Å². The van der Waals surface area contributed by atoms with Crippen LogP contribution in [0.15, 0.2) is 6.20 Å². The van der Waals surface area contributed by atoms with Crippen molar-refractivity contribution in [2.75, 3.05) is 18.8 Å². The lowest BCUT2D eigenvalue weighted by atomic mass is 10.3. The third kappa shape index (κ3) is 2.34. The monoisotopic (exact) mass is 220 g/mol. The summed E-state index contributed by atoms with van der Waals surface area (Å²) in [6, 6.07) is 0. The first-order valence-corrected chi connectivity index (χ1v) is 5.12. The highest BCUT2D eigenvalue weighted by Crippen LogP contribution is 2.12. The van der Waals surface area contributed by atoms with E-state index in [1.807, 2.05) is 6.92 Å². The fourth-order valence-electron chi connectivity index (χ4n) is 1.50. The number of hydrogen-bond acceptors (Lipinski definition) is 3. The van der Waals surface area contributed by atoms with E-state index in [-0.39, 0.29) is 12.5 Å². The number of nitrogens with two attached hydrogens (primary N) is 1. The zero-order valence-electron chi connectivity index (χ0n) is 9.60. The number of terminal acetylenes is 1. The average molecular weight is 220 g/mol. The summed E-state index contributed by atoms with van der Waals surface area (Å²) < 4.78 is 1.47. The molecule has 86 valence electrons. The van der Waals surface area contributed by atoms with Crippen molar-refractivity contribution in [2.24, 2.45) is 7.05 Å². The molecule has 0 saturated heterocycles. The lowest BCUT2D eigenvalue weighted by Gasteiger charge is -2.19. The molecule has 1 rings (SSSR count). The van der Waals surface area contributed by atoms with Crippen molar-refractivity contribution in [3.8, 4) is 12.3 Å². The van der Waals surface area contributed by atoms with Crippen LogP contribution >= 0.6 is 0 Å². The Morgan fingerprint density at radius 1 is 1.75 bits per heavy atom. The van der Waals surface area contributed by atoms with Crippen molar-refractivity contribution in [1.29, 1.82) is 0 Å². The molecular formula is C11H16N4O. The Balaban J connectivity index is 2.95. The molecule has 0 aliphatic heterocycles. The van der Waals surface area contributed by atoms with Crippen molar-refractivity contribution in [1.82, 2.24) is 14.7 Å². The third-order valence-corrected chi connectivity index (χ3v) is 2.23. The first-order chi connectivity index (χ1) is 7.61. The second-order valence-electron chi connectivity index (χ2n) is 3.50. The molecule has 0 fully saturated rings. The fraction of sp³-hybridized carbons (Fsp3) is 0.455. The summed E-state index contributed by atoms with van der Waals surface area (Å²) in [5.41, 5.74) is 6.46. The molecule has 2 N–H and O–H groups in total. The first kappa shape index (κ1) is 12.1. The average Bonchev–Trinajstić information content (AvgIpc) is 2.57. The van der Waals surface area contributed by atoms with Gasteiger partial charge in [-0.1, -0.05) is 12.8 Å². The van der Waals surface area contributed by atoms with E-state index >= 15 is 0 Å². The van der Waals surface area contributed by atoms with Gasteiger partial charge in [-0.3, -0.25) is 9.48 Å². The Morgan fingerprint density at radius 2 is 2.44 bits per heavy atom. The predicted octanol–water partition coefficient (Wildman–Crippen LogP) is 0.488. The highest BCUT2D eigenvalue weighted by atomic mass is 16.2. The second-order valence-corrected chi connectivity index (χ2v) is 3.50. The number of aryl methyl sites for hydroxylation is 1. The van der Waals surface area contributed by atoms with E-state index in [9.17, 15) is 4.79 Å². The molecule has 0 atom stereocenters. The summed E-state index contributed by atoms with van der Waals surface area (Å²) in [5, 5.41) is 3.93. The van der Waals surface area contributed by atoms with E-state index in [0.717, 1.165) is 6.42 Å². The number of anilines is 1. The lowest BCUT2D eigenvalue weighted by molar-refractivity contribution is 0.0767. The molecule has 1 aromatic rings. The maximum atomic E-state index is 12.1. The molecule has 1 amide bonds. The lowest BCUT2D eigenvalue weighted by Crippen LogP contribution is -2.33. The third-order valence-electron chi connectivity index (χ3n) is 2.23. The van der Waals surface area contributed by atoms with Crippen LogP contribution in [0.2, 0.25) is 0 Å². The van der Waals surface area contributed by atoms with Crippen molar-refractivity contribution in [2.45, 2.75) is 13.3 Å². The molecule has 0 radical (unpaired) electrons. The van der Waals surface area contributed by atoms with E-state index in [4.69, 9.17) is 12.2 Å². The Bertz CT molecular complexity index is 397. The van der Waals surface area contributed by atoms with Gasteiger partial charge < -0.3 is 10.6 Å². The Morgan fingerprint density at radius 3 is 2.88 bits per heavy atom. The van der Waals surface area contributed by atoms with Gasteiger partial charge in [0.25, 0.3) is 5.91 Å². The zero-order chi connectivity index (χ0) is 12.1. The normalized spacial score (nSPS) is 9.81. The highest BCUT2D eigenvalue weighted by Gasteiger charge is 2.20. The molecule has 0 spiro atoms. The summed E-state index contributed by atoms with van der Waals surface area (Å²) in [6.45, 7) is 2.90. The molecule has 0 unspecified atom stereocenters. The molecule has 1 aromatic heterocycles. The second kappa shape index (κ2) is 5.21. The van der Waals surface area contributed by atoms with Gasteiger partial charge in [-0.15, -0.1) is 6.42 Å². The summed E-state index contributed by atoms with van der Waals surface area (Å²) in [6.07, 6.45) is 7.55. The zero-order valence-corrected chi connectivity index (χ0v) is 9.60. The fourth-order valence-corrected chi connectivity index (χ4v) is 1.50. The van der Waals surface area contributed by atoms with E-state index in [1.165, 1.54) is 10.9 Å². The topological polar surface area (TPSA) is 64.2 Å². The quantitative estimate of drug-likeness (QED) is 0.751. The van der Waals surface area contributed by atoms with Gasteiger partial charge in [-0.05, 0) is 6.42 Å². The maximum absolute atomic E-state index is 12.1. The molecule has 1 heterocycles. The highest BCUT2D eigenvalue weighted by molar-refractivity contribution is 5.97. The van der Waals surface area contributed by atoms with Gasteiger partial charge in [-0.25, -0.2) is 0 Å². The summed E-state index contributed by atoms with van der Waals surface area (Å²) in [4.78, 5) is 13.7. The van der Waals surface area contributed by atoms with Gasteiger partial charge in [0, 0.05) is 13.6 Å². The molecule has 5 heteroatoms. The van der Waals surface area contributed by atoms with Gasteiger partial charge >= 0.3 is 0 Å².